The third-order valence-electron chi connectivity index (χ3n) is 5.03. The Bertz CT molecular complexity index is 1180. The molecule has 3 aromatic rings. The van der Waals surface area contributed by atoms with Gasteiger partial charge in [-0.05, 0) is 67.3 Å². The van der Waals surface area contributed by atoms with Crippen LogP contribution in [0.4, 0.5) is 4.39 Å². The summed E-state index contributed by atoms with van der Waals surface area (Å²) in [6, 6.07) is 18.4. The number of nitrogens with one attached hydrogen (secondary N) is 2. The van der Waals surface area contributed by atoms with E-state index in [2.05, 4.69) is 10.0 Å². The molecule has 0 saturated heterocycles. The van der Waals surface area contributed by atoms with Gasteiger partial charge in [-0.2, -0.15) is 4.72 Å². The van der Waals surface area contributed by atoms with E-state index in [9.17, 15) is 17.6 Å². The number of halogens is 1. The van der Waals surface area contributed by atoms with Gasteiger partial charge in [0.1, 0.15) is 17.6 Å². The molecule has 8 heteroatoms. The molecule has 1 amide bonds. The highest BCUT2D eigenvalue weighted by atomic mass is 32.2. The normalized spacial score (nSPS) is 12.2. The maximum absolute atomic E-state index is 13.1. The van der Waals surface area contributed by atoms with E-state index in [0.717, 1.165) is 5.56 Å². The molecule has 0 aliphatic carbocycles. The van der Waals surface area contributed by atoms with Crippen LogP contribution in [0.5, 0.6) is 5.75 Å². The first-order valence-corrected chi connectivity index (χ1v) is 12.1. The molecule has 0 aromatic heterocycles. The minimum atomic E-state index is -3.98. The van der Waals surface area contributed by atoms with Gasteiger partial charge in [-0.15, -0.1) is 0 Å². The zero-order chi connectivity index (χ0) is 23.8. The lowest BCUT2D eigenvalue weighted by atomic mass is 10.1. The lowest BCUT2D eigenvalue weighted by Crippen LogP contribution is -2.47. The smallest absolute Gasteiger partial charge is 0.241 e. The fourth-order valence-corrected chi connectivity index (χ4v) is 4.59. The molecule has 0 aliphatic heterocycles. The Morgan fingerprint density at radius 3 is 2.33 bits per heavy atom. The van der Waals surface area contributed by atoms with Crippen LogP contribution in [-0.2, 0) is 27.8 Å². The number of ether oxygens (including phenoxy) is 1. The first kappa shape index (κ1) is 24.4. The van der Waals surface area contributed by atoms with Crippen LogP contribution in [0.3, 0.4) is 0 Å². The van der Waals surface area contributed by atoms with Gasteiger partial charge in [0, 0.05) is 6.54 Å². The zero-order valence-corrected chi connectivity index (χ0v) is 19.4. The Morgan fingerprint density at radius 2 is 1.70 bits per heavy atom. The highest BCUT2D eigenvalue weighted by Crippen LogP contribution is 2.22. The number of carbonyl (C=O) groups is 1. The molecule has 0 fully saturated rings. The summed E-state index contributed by atoms with van der Waals surface area (Å²) in [5.41, 5.74) is 2.19. The Balaban J connectivity index is 1.80. The van der Waals surface area contributed by atoms with Gasteiger partial charge in [0.05, 0.1) is 11.5 Å². The van der Waals surface area contributed by atoms with Gasteiger partial charge in [-0.1, -0.05) is 42.5 Å². The molecule has 0 saturated carbocycles. The molecule has 2 N–H and O–H groups in total. The summed E-state index contributed by atoms with van der Waals surface area (Å²) >= 11 is 0. The van der Waals surface area contributed by atoms with Crippen LogP contribution >= 0.6 is 0 Å². The lowest BCUT2D eigenvalue weighted by molar-refractivity contribution is -0.122. The first-order chi connectivity index (χ1) is 15.8. The molecule has 0 heterocycles. The summed E-state index contributed by atoms with van der Waals surface area (Å²) in [5.74, 6) is -0.242. The molecule has 0 radical (unpaired) electrons. The second-order valence-corrected chi connectivity index (χ2v) is 9.28. The number of hydrogen-bond donors (Lipinski definition) is 2. The Hall–Kier alpha value is -3.23. The topological polar surface area (TPSA) is 84.5 Å². The molecule has 0 unspecified atom stereocenters. The molecular formula is C25H27FN2O4S. The quantitative estimate of drug-likeness (QED) is 0.473. The van der Waals surface area contributed by atoms with E-state index >= 15 is 0 Å². The summed E-state index contributed by atoms with van der Waals surface area (Å²) < 4.78 is 47.3. The Kier molecular flexibility index (Phi) is 8.19. The SMILES string of the molecule is CCOc1ccc(S(=O)(=O)N[C@H](Cc2ccccc2)C(=O)NCc2ccc(F)cc2)cc1C. The largest absolute Gasteiger partial charge is 0.494 e. The minimum absolute atomic E-state index is 0.0489. The van der Waals surface area contributed by atoms with Crippen LogP contribution in [0.25, 0.3) is 0 Å². The van der Waals surface area contributed by atoms with Gasteiger partial charge in [0.25, 0.3) is 0 Å². The third kappa shape index (κ3) is 6.87. The summed E-state index contributed by atoms with van der Waals surface area (Å²) in [4.78, 5) is 13.0. The zero-order valence-electron chi connectivity index (χ0n) is 18.5. The van der Waals surface area contributed by atoms with Crippen molar-refractivity contribution >= 4 is 15.9 Å². The third-order valence-corrected chi connectivity index (χ3v) is 6.50. The van der Waals surface area contributed by atoms with Crippen molar-refractivity contribution in [2.75, 3.05) is 6.61 Å². The highest BCUT2D eigenvalue weighted by Gasteiger charge is 2.26. The van der Waals surface area contributed by atoms with Gasteiger partial charge < -0.3 is 10.1 Å². The second kappa shape index (κ2) is 11.1. The molecule has 1 atom stereocenters. The number of aryl methyl sites for hydroxylation is 1. The second-order valence-electron chi connectivity index (χ2n) is 7.57. The maximum atomic E-state index is 13.1. The van der Waals surface area contributed by atoms with Gasteiger partial charge in [0.2, 0.25) is 15.9 Å². The van der Waals surface area contributed by atoms with Crippen molar-refractivity contribution in [2.45, 2.75) is 37.8 Å². The molecule has 0 spiro atoms. The average Bonchev–Trinajstić information content (AvgIpc) is 2.80. The minimum Gasteiger partial charge on any atom is -0.494 e. The van der Waals surface area contributed by atoms with Gasteiger partial charge in [-0.3, -0.25) is 4.79 Å². The van der Waals surface area contributed by atoms with Crippen molar-refractivity contribution in [3.8, 4) is 5.75 Å². The van der Waals surface area contributed by atoms with Crippen molar-refractivity contribution in [3.05, 3.63) is 95.3 Å². The van der Waals surface area contributed by atoms with Crippen LogP contribution in [0.15, 0.2) is 77.7 Å². The van der Waals surface area contributed by atoms with Gasteiger partial charge in [0.15, 0.2) is 0 Å². The Labute approximate surface area is 193 Å². The fraction of sp³-hybridized carbons (Fsp3) is 0.240. The first-order valence-electron chi connectivity index (χ1n) is 10.6. The van der Waals surface area contributed by atoms with Crippen molar-refractivity contribution in [3.63, 3.8) is 0 Å². The number of amides is 1. The molecule has 174 valence electrons. The average molecular weight is 471 g/mol. The van der Waals surface area contributed by atoms with Crippen LogP contribution in [0, 0.1) is 12.7 Å². The predicted molar refractivity (Wildman–Crippen MR) is 125 cm³/mol. The molecule has 6 nitrogen and oxygen atoms in total. The van der Waals surface area contributed by atoms with Crippen molar-refractivity contribution in [2.24, 2.45) is 0 Å². The monoisotopic (exact) mass is 470 g/mol. The Morgan fingerprint density at radius 1 is 1.00 bits per heavy atom. The fourth-order valence-electron chi connectivity index (χ4n) is 3.31. The van der Waals surface area contributed by atoms with Gasteiger partial charge in [-0.25, -0.2) is 12.8 Å². The molecule has 3 aromatic carbocycles. The number of sulfonamides is 1. The maximum Gasteiger partial charge on any atom is 0.241 e. The van der Waals surface area contributed by atoms with Crippen LogP contribution in [0.2, 0.25) is 0 Å². The van der Waals surface area contributed by atoms with E-state index in [-0.39, 0.29) is 23.7 Å². The number of rotatable bonds is 10. The van der Waals surface area contributed by atoms with E-state index in [1.165, 1.54) is 24.3 Å². The van der Waals surface area contributed by atoms with E-state index in [1.807, 2.05) is 37.3 Å². The van der Waals surface area contributed by atoms with Crippen molar-refractivity contribution in [1.29, 1.82) is 0 Å². The van der Waals surface area contributed by atoms with Crippen LogP contribution in [0.1, 0.15) is 23.6 Å². The number of benzene rings is 3. The van der Waals surface area contributed by atoms with Gasteiger partial charge >= 0.3 is 0 Å². The highest BCUT2D eigenvalue weighted by molar-refractivity contribution is 7.89. The number of carbonyl (C=O) groups excluding carboxylic acids is 1. The van der Waals surface area contributed by atoms with E-state index in [0.29, 0.717) is 23.5 Å². The molecule has 0 bridgehead atoms. The standard InChI is InChI=1S/C25H27FN2O4S/c1-3-32-24-14-13-22(15-18(24)2)33(30,31)28-23(16-19-7-5-4-6-8-19)25(29)27-17-20-9-11-21(26)12-10-20/h4-15,23,28H,3,16-17H2,1-2H3,(H,27,29)/t23-/m1/s1. The lowest BCUT2D eigenvalue weighted by Gasteiger charge is -2.19. The summed E-state index contributed by atoms with van der Waals surface area (Å²) in [5, 5.41) is 2.74. The summed E-state index contributed by atoms with van der Waals surface area (Å²) in [6.07, 6.45) is 0.172. The molecule has 33 heavy (non-hydrogen) atoms. The van der Waals surface area contributed by atoms with Crippen LogP contribution in [-0.4, -0.2) is 27.0 Å². The molecular weight excluding hydrogens is 443 g/mol. The summed E-state index contributed by atoms with van der Waals surface area (Å²) in [6.45, 7) is 4.23. The van der Waals surface area contributed by atoms with Crippen LogP contribution < -0.4 is 14.8 Å². The van der Waals surface area contributed by atoms with Crippen molar-refractivity contribution < 1.29 is 22.3 Å². The number of hydrogen-bond acceptors (Lipinski definition) is 4. The van der Waals surface area contributed by atoms with Crippen molar-refractivity contribution in [1.82, 2.24) is 10.0 Å². The van der Waals surface area contributed by atoms with E-state index in [1.54, 1.807) is 25.1 Å². The van der Waals surface area contributed by atoms with E-state index in [4.69, 9.17) is 4.74 Å². The predicted octanol–water partition coefficient (Wildman–Crippen LogP) is 3.74. The molecule has 3 rings (SSSR count). The molecule has 0 aliphatic rings. The van der Waals surface area contributed by atoms with E-state index < -0.39 is 22.0 Å². The summed E-state index contributed by atoms with van der Waals surface area (Å²) in [7, 11) is -3.98.